The Morgan fingerprint density at radius 3 is 2.76 bits per heavy atom. The minimum Gasteiger partial charge on any atom is -0.371 e. The number of halogens is 2. The minimum atomic E-state index is -0.798. The molecule has 0 bridgehead atoms. The molecule has 0 amide bonds. The molecular weight excluding hydrogens is 292 g/mol. The first-order chi connectivity index (χ1) is 10.1. The van der Waals surface area contributed by atoms with Crippen LogP contribution in [0.4, 0.5) is 14.5 Å². The number of benzene rings is 1. The van der Waals surface area contributed by atoms with E-state index in [0.29, 0.717) is 12.0 Å². The molecule has 114 valence electrons. The maximum Gasteiger partial charge on any atom is 0.166 e. The highest BCUT2D eigenvalue weighted by molar-refractivity contribution is 7.80. The van der Waals surface area contributed by atoms with Gasteiger partial charge in [0.2, 0.25) is 0 Å². The Kier molecular flexibility index (Phi) is 4.24. The molecule has 2 N–H and O–H groups in total. The molecule has 1 atom stereocenters. The van der Waals surface area contributed by atoms with Gasteiger partial charge in [0.15, 0.2) is 16.7 Å². The van der Waals surface area contributed by atoms with Crippen LogP contribution in [-0.2, 0) is 0 Å². The molecule has 1 aliphatic carbocycles. The van der Waals surface area contributed by atoms with E-state index in [1.807, 2.05) is 0 Å². The molecule has 0 unspecified atom stereocenters. The lowest BCUT2D eigenvalue weighted by Crippen LogP contribution is -2.39. The number of hydrogen-bond acceptors (Lipinski definition) is 2. The Labute approximate surface area is 128 Å². The van der Waals surface area contributed by atoms with Gasteiger partial charge in [-0.15, -0.1) is 0 Å². The van der Waals surface area contributed by atoms with Crippen molar-refractivity contribution in [1.29, 1.82) is 0 Å². The summed E-state index contributed by atoms with van der Waals surface area (Å²) >= 11 is 5.23. The highest BCUT2D eigenvalue weighted by Gasteiger charge is 2.25. The zero-order chi connectivity index (χ0) is 14.8. The summed E-state index contributed by atoms with van der Waals surface area (Å²) in [6, 6.07) is 4.65. The number of nitrogens with zero attached hydrogens (tertiary/aromatic N) is 1. The van der Waals surface area contributed by atoms with E-state index in [9.17, 15) is 8.78 Å². The summed E-state index contributed by atoms with van der Waals surface area (Å²) in [7, 11) is 0. The Hall–Kier alpha value is -1.43. The lowest BCUT2D eigenvalue weighted by Gasteiger charge is -2.19. The largest absolute Gasteiger partial charge is 0.371 e. The number of thiocarbonyl (C=S) groups is 1. The van der Waals surface area contributed by atoms with Crippen LogP contribution < -0.4 is 15.5 Å². The lowest BCUT2D eigenvalue weighted by molar-refractivity contribution is 0.508. The van der Waals surface area contributed by atoms with Gasteiger partial charge in [0, 0.05) is 37.4 Å². The van der Waals surface area contributed by atoms with Gasteiger partial charge in [-0.2, -0.15) is 0 Å². The third kappa shape index (κ3) is 3.81. The second-order valence-electron chi connectivity index (χ2n) is 5.83. The zero-order valence-corrected chi connectivity index (χ0v) is 12.6. The van der Waals surface area contributed by atoms with E-state index in [-0.39, 0.29) is 0 Å². The highest BCUT2D eigenvalue weighted by atomic mass is 32.1. The number of rotatable bonds is 4. The van der Waals surface area contributed by atoms with E-state index in [1.54, 1.807) is 6.07 Å². The lowest BCUT2D eigenvalue weighted by atomic mass is 10.1. The maximum atomic E-state index is 13.3. The molecule has 3 rings (SSSR count). The summed E-state index contributed by atoms with van der Waals surface area (Å²) < 4.78 is 26.2. The van der Waals surface area contributed by atoms with Gasteiger partial charge >= 0.3 is 0 Å². The average Bonchev–Trinajstić information content (AvgIpc) is 3.14. The van der Waals surface area contributed by atoms with Crippen molar-refractivity contribution in [3.63, 3.8) is 0 Å². The molecule has 1 saturated heterocycles. The van der Waals surface area contributed by atoms with Gasteiger partial charge in [0.05, 0.1) is 0 Å². The van der Waals surface area contributed by atoms with Crippen LogP contribution in [0.1, 0.15) is 19.3 Å². The Bertz CT molecular complexity index is 534. The van der Waals surface area contributed by atoms with Gasteiger partial charge in [-0.05, 0) is 49.5 Å². The molecule has 0 radical (unpaired) electrons. The highest BCUT2D eigenvalue weighted by Crippen LogP contribution is 2.25. The van der Waals surface area contributed by atoms with Crippen LogP contribution in [0.25, 0.3) is 0 Å². The number of nitrogens with one attached hydrogen (secondary N) is 2. The fourth-order valence-corrected chi connectivity index (χ4v) is 2.87. The summed E-state index contributed by atoms with van der Waals surface area (Å²) in [4.78, 5) is 2.09. The summed E-state index contributed by atoms with van der Waals surface area (Å²) in [5.41, 5.74) is 0.745. The molecule has 21 heavy (non-hydrogen) atoms. The summed E-state index contributed by atoms with van der Waals surface area (Å²) in [6.45, 7) is 2.52. The molecule has 0 aromatic heterocycles. The number of hydrogen-bond donors (Lipinski definition) is 2. The smallest absolute Gasteiger partial charge is 0.166 e. The third-order valence-electron chi connectivity index (χ3n) is 4.02. The van der Waals surface area contributed by atoms with E-state index in [0.717, 1.165) is 36.9 Å². The third-order valence-corrected chi connectivity index (χ3v) is 4.28. The molecule has 2 fully saturated rings. The van der Waals surface area contributed by atoms with Crippen LogP contribution in [0.15, 0.2) is 18.2 Å². The fourth-order valence-electron chi connectivity index (χ4n) is 2.62. The van der Waals surface area contributed by atoms with Gasteiger partial charge in [0.1, 0.15) is 0 Å². The second kappa shape index (κ2) is 6.13. The zero-order valence-electron chi connectivity index (χ0n) is 11.7. The summed E-state index contributed by atoms with van der Waals surface area (Å²) in [6.07, 6.45) is 3.43. The van der Waals surface area contributed by atoms with Crippen LogP contribution in [0.2, 0.25) is 0 Å². The summed E-state index contributed by atoms with van der Waals surface area (Å²) in [5.74, 6) is -1.12. The van der Waals surface area contributed by atoms with Crippen molar-refractivity contribution in [3.8, 4) is 0 Å². The van der Waals surface area contributed by atoms with Crippen molar-refractivity contribution in [2.24, 2.45) is 5.92 Å². The molecule has 1 aromatic carbocycles. The van der Waals surface area contributed by atoms with Gasteiger partial charge in [0.25, 0.3) is 0 Å². The van der Waals surface area contributed by atoms with Gasteiger partial charge < -0.3 is 15.5 Å². The molecule has 1 saturated carbocycles. The Balaban J connectivity index is 1.48. The molecule has 2 aliphatic rings. The van der Waals surface area contributed by atoms with Crippen LogP contribution in [0, 0.1) is 17.6 Å². The van der Waals surface area contributed by atoms with Crippen molar-refractivity contribution in [1.82, 2.24) is 10.6 Å². The van der Waals surface area contributed by atoms with Gasteiger partial charge in [-0.25, -0.2) is 8.78 Å². The predicted octanol–water partition coefficient (Wildman–Crippen LogP) is 2.42. The van der Waals surface area contributed by atoms with Crippen molar-refractivity contribution in [2.45, 2.75) is 25.3 Å². The molecule has 1 heterocycles. The van der Waals surface area contributed by atoms with E-state index < -0.39 is 11.6 Å². The van der Waals surface area contributed by atoms with Gasteiger partial charge in [-0.3, -0.25) is 0 Å². The average molecular weight is 311 g/mol. The first kappa shape index (κ1) is 14.5. The van der Waals surface area contributed by atoms with Crippen molar-refractivity contribution >= 4 is 23.0 Å². The molecule has 6 heteroatoms. The normalized spacial score (nSPS) is 21.4. The second-order valence-corrected chi connectivity index (χ2v) is 6.24. The molecule has 3 nitrogen and oxygen atoms in total. The van der Waals surface area contributed by atoms with Crippen LogP contribution in [-0.4, -0.2) is 30.8 Å². The van der Waals surface area contributed by atoms with Crippen molar-refractivity contribution < 1.29 is 8.78 Å². The SMILES string of the molecule is Fc1ccc(N2CC[C@@H](CNC(=S)NC3CC3)C2)cc1F. The fraction of sp³-hybridized carbons (Fsp3) is 0.533. The minimum absolute atomic E-state index is 0.470. The molecule has 1 aromatic rings. The monoisotopic (exact) mass is 311 g/mol. The van der Waals surface area contributed by atoms with E-state index in [1.165, 1.54) is 25.0 Å². The first-order valence-electron chi connectivity index (χ1n) is 7.36. The topological polar surface area (TPSA) is 27.3 Å². The van der Waals surface area contributed by atoms with Crippen LogP contribution in [0.3, 0.4) is 0 Å². The van der Waals surface area contributed by atoms with E-state index >= 15 is 0 Å². The van der Waals surface area contributed by atoms with Gasteiger partial charge in [-0.1, -0.05) is 0 Å². The van der Waals surface area contributed by atoms with Crippen LogP contribution >= 0.6 is 12.2 Å². The summed E-state index contributed by atoms with van der Waals surface area (Å²) in [5, 5.41) is 7.22. The number of anilines is 1. The molecular formula is C15H19F2N3S. The molecule has 0 spiro atoms. The predicted molar refractivity (Wildman–Crippen MR) is 83.4 cm³/mol. The van der Waals surface area contributed by atoms with E-state index in [4.69, 9.17) is 12.2 Å². The standard InChI is InChI=1S/C15H19F2N3S/c16-13-4-3-12(7-14(13)17)20-6-5-10(9-20)8-18-15(21)19-11-1-2-11/h3-4,7,10-11H,1-2,5-6,8-9H2,(H2,18,19,21)/t10-/m0/s1. The Morgan fingerprint density at radius 1 is 1.24 bits per heavy atom. The first-order valence-corrected chi connectivity index (χ1v) is 7.77. The van der Waals surface area contributed by atoms with Crippen molar-refractivity contribution in [3.05, 3.63) is 29.8 Å². The van der Waals surface area contributed by atoms with E-state index in [2.05, 4.69) is 15.5 Å². The van der Waals surface area contributed by atoms with Crippen molar-refractivity contribution in [2.75, 3.05) is 24.5 Å². The molecule has 1 aliphatic heterocycles. The maximum absolute atomic E-state index is 13.3. The Morgan fingerprint density at radius 2 is 2.05 bits per heavy atom. The van der Waals surface area contributed by atoms with Crippen LogP contribution in [0.5, 0.6) is 0 Å². The quantitative estimate of drug-likeness (QED) is 0.835.